The van der Waals surface area contributed by atoms with Crippen molar-refractivity contribution in [2.45, 2.75) is 19.4 Å². The second kappa shape index (κ2) is 10.6. The maximum absolute atomic E-state index is 13.6. The van der Waals surface area contributed by atoms with Gasteiger partial charge in [0.15, 0.2) is 0 Å². The van der Waals surface area contributed by atoms with Crippen LogP contribution in [0.1, 0.15) is 33.0 Å². The van der Waals surface area contributed by atoms with Gasteiger partial charge >= 0.3 is 12.1 Å². The summed E-state index contributed by atoms with van der Waals surface area (Å²) in [6.45, 7) is 0.329. The molecule has 4 rings (SSSR count). The number of halogens is 3. The fourth-order valence-electron chi connectivity index (χ4n) is 3.76. The SMILES string of the molecule is COC(=O)c1ccc(COCc2nc(-c3ccc(C#N)c(-c4ccccc4C(F)(F)F)c3)cn2C)nc1. The zero-order valence-electron chi connectivity index (χ0n) is 19.9. The molecule has 7 nitrogen and oxygen atoms in total. The Labute approximate surface area is 210 Å². The third kappa shape index (κ3) is 5.68. The van der Waals surface area contributed by atoms with Crippen LogP contribution in [-0.2, 0) is 35.9 Å². The van der Waals surface area contributed by atoms with E-state index in [2.05, 4.69) is 14.7 Å². The molecule has 188 valence electrons. The summed E-state index contributed by atoms with van der Waals surface area (Å²) in [5, 5.41) is 9.53. The van der Waals surface area contributed by atoms with Crippen LogP contribution in [0, 0.1) is 11.3 Å². The number of pyridine rings is 1. The zero-order chi connectivity index (χ0) is 26.6. The molecule has 0 aliphatic heterocycles. The second-order valence-corrected chi connectivity index (χ2v) is 8.09. The number of ether oxygens (including phenoxy) is 2. The molecule has 2 heterocycles. The molecule has 0 spiro atoms. The van der Waals surface area contributed by atoms with Gasteiger partial charge < -0.3 is 14.0 Å². The van der Waals surface area contributed by atoms with Crippen LogP contribution >= 0.6 is 0 Å². The van der Waals surface area contributed by atoms with Gasteiger partial charge in [0.05, 0.1) is 47.9 Å². The summed E-state index contributed by atoms with van der Waals surface area (Å²) >= 11 is 0. The van der Waals surface area contributed by atoms with E-state index >= 15 is 0 Å². The molecular weight excluding hydrogens is 485 g/mol. The number of carbonyl (C=O) groups is 1. The molecule has 37 heavy (non-hydrogen) atoms. The van der Waals surface area contributed by atoms with E-state index in [1.54, 1.807) is 42.1 Å². The Morgan fingerprint density at radius 1 is 1.08 bits per heavy atom. The van der Waals surface area contributed by atoms with E-state index in [9.17, 15) is 23.2 Å². The summed E-state index contributed by atoms with van der Waals surface area (Å²) < 4.78 is 53.0. The molecule has 10 heteroatoms. The molecule has 0 bridgehead atoms. The fraction of sp³-hybridized carbons (Fsp3) is 0.185. The van der Waals surface area contributed by atoms with Crippen molar-refractivity contribution < 1.29 is 27.4 Å². The lowest BCUT2D eigenvalue weighted by atomic mass is 9.93. The average Bonchev–Trinajstić information content (AvgIpc) is 3.28. The monoisotopic (exact) mass is 506 g/mol. The number of esters is 1. The van der Waals surface area contributed by atoms with Crippen molar-refractivity contribution in [2.24, 2.45) is 7.05 Å². The number of methoxy groups -OCH3 is 1. The van der Waals surface area contributed by atoms with Crippen LogP contribution in [0.25, 0.3) is 22.4 Å². The largest absolute Gasteiger partial charge is 0.465 e. The normalized spacial score (nSPS) is 11.2. The van der Waals surface area contributed by atoms with Crippen molar-refractivity contribution in [1.82, 2.24) is 14.5 Å². The highest BCUT2D eigenvalue weighted by Crippen LogP contribution is 2.39. The maximum atomic E-state index is 13.6. The van der Waals surface area contributed by atoms with Gasteiger partial charge in [0.2, 0.25) is 0 Å². The van der Waals surface area contributed by atoms with Crippen LogP contribution in [0.15, 0.2) is 67.0 Å². The first kappa shape index (κ1) is 25.6. The molecule has 0 aliphatic rings. The van der Waals surface area contributed by atoms with Gasteiger partial charge in [-0.2, -0.15) is 18.4 Å². The van der Waals surface area contributed by atoms with Gasteiger partial charge in [0.1, 0.15) is 12.4 Å². The van der Waals surface area contributed by atoms with Gasteiger partial charge in [-0.25, -0.2) is 9.78 Å². The van der Waals surface area contributed by atoms with Crippen LogP contribution in [0.4, 0.5) is 13.2 Å². The van der Waals surface area contributed by atoms with E-state index in [0.29, 0.717) is 28.3 Å². The third-order valence-corrected chi connectivity index (χ3v) is 5.66. The summed E-state index contributed by atoms with van der Waals surface area (Å²) in [7, 11) is 3.07. The topological polar surface area (TPSA) is 90.0 Å². The molecule has 0 radical (unpaired) electrons. The van der Waals surface area contributed by atoms with E-state index in [1.807, 2.05) is 6.07 Å². The fourth-order valence-corrected chi connectivity index (χ4v) is 3.76. The van der Waals surface area contributed by atoms with Crippen molar-refractivity contribution in [3.8, 4) is 28.5 Å². The van der Waals surface area contributed by atoms with Crippen LogP contribution in [0.2, 0.25) is 0 Å². The van der Waals surface area contributed by atoms with Crippen LogP contribution in [0.5, 0.6) is 0 Å². The number of nitriles is 1. The summed E-state index contributed by atoms with van der Waals surface area (Å²) in [4.78, 5) is 20.3. The Hall–Kier alpha value is -4.49. The molecule has 0 fully saturated rings. The lowest BCUT2D eigenvalue weighted by Gasteiger charge is -2.14. The van der Waals surface area contributed by atoms with Crippen molar-refractivity contribution in [3.63, 3.8) is 0 Å². The minimum absolute atomic E-state index is 0.0707. The maximum Gasteiger partial charge on any atom is 0.417 e. The van der Waals surface area contributed by atoms with Crippen LogP contribution in [0.3, 0.4) is 0 Å². The van der Waals surface area contributed by atoms with Crippen LogP contribution in [-0.4, -0.2) is 27.6 Å². The molecule has 0 N–H and O–H groups in total. The summed E-state index contributed by atoms with van der Waals surface area (Å²) in [6, 6.07) is 15.1. The summed E-state index contributed by atoms with van der Waals surface area (Å²) in [5.41, 5.74) is 1.46. The molecular formula is C27H21F3N4O3. The molecule has 0 saturated carbocycles. The van der Waals surface area contributed by atoms with E-state index in [4.69, 9.17) is 4.74 Å². The second-order valence-electron chi connectivity index (χ2n) is 8.09. The van der Waals surface area contributed by atoms with Crippen molar-refractivity contribution in [1.29, 1.82) is 5.26 Å². The van der Waals surface area contributed by atoms with Gasteiger partial charge in [-0.1, -0.05) is 24.3 Å². The predicted molar refractivity (Wildman–Crippen MR) is 128 cm³/mol. The van der Waals surface area contributed by atoms with Gasteiger partial charge in [-0.15, -0.1) is 0 Å². The van der Waals surface area contributed by atoms with E-state index in [1.165, 1.54) is 37.6 Å². The average molecular weight is 506 g/mol. The first-order chi connectivity index (χ1) is 17.7. The lowest BCUT2D eigenvalue weighted by molar-refractivity contribution is -0.137. The molecule has 0 saturated heterocycles. The Morgan fingerprint density at radius 3 is 2.54 bits per heavy atom. The quantitative estimate of drug-likeness (QED) is 0.306. The molecule has 2 aromatic heterocycles. The minimum atomic E-state index is -4.57. The van der Waals surface area contributed by atoms with Crippen molar-refractivity contribution in [2.75, 3.05) is 7.11 Å². The van der Waals surface area contributed by atoms with Crippen LogP contribution < -0.4 is 0 Å². The Bertz CT molecular complexity index is 1470. The Kier molecular flexibility index (Phi) is 7.36. The third-order valence-electron chi connectivity index (χ3n) is 5.66. The van der Waals surface area contributed by atoms with Gasteiger partial charge in [-0.05, 0) is 35.9 Å². The smallest absolute Gasteiger partial charge is 0.417 e. The molecule has 4 aromatic rings. The number of rotatable bonds is 7. The number of aryl methyl sites for hydroxylation is 1. The van der Waals surface area contributed by atoms with E-state index in [0.717, 1.165) is 6.07 Å². The summed E-state index contributed by atoms with van der Waals surface area (Å²) in [5.74, 6) is 0.108. The highest BCUT2D eigenvalue weighted by atomic mass is 19.4. The number of imidazole rings is 1. The number of aromatic nitrogens is 3. The first-order valence-electron chi connectivity index (χ1n) is 11.1. The molecule has 0 amide bonds. The van der Waals surface area contributed by atoms with E-state index < -0.39 is 17.7 Å². The van der Waals surface area contributed by atoms with Gasteiger partial charge in [-0.3, -0.25) is 4.98 Å². The minimum Gasteiger partial charge on any atom is -0.465 e. The van der Waals surface area contributed by atoms with Crippen molar-refractivity contribution >= 4 is 5.97 Å². The standard InChI is InChI=1S/C27H21F3N4O3/c1-34-14-24(33-25(34)16-37-15-20-10-9-19(13-32-20)26(35)36-2)17-7-8-18(12-31)22(11-17)21-5-3-4-6-23(21)27(28,29)30/h3-11,13-14H,15-16H2,1-2H3. The van der Waals surface area contributed by atoms with Gasteiger partial charge in [0, 0.05) is 30.6 Å². The number of alkyl halides is 3. The lowest BCUT2D eigenvalue weighted by Crippen LogP contribution is -2.07. The number of hydrogen-bond acceptors (Lipinski definition) is 6. The Morgan fingerprint density at radius 2 is 1.86 bits per heavy atom. The zero-order valence-corrected chi connectivity index (χ0v) is 19.9. The molecule has 0 aliphatic carbocycles. The van der Waals surface area contributed by atoms with Crippen molar-refractivity contribution in [3.05, 3.63) is 95.2 Å². The van der Waals surface area contributed by atoms with Gasteiger partial charge in [0.25, 0.3) is 0 Å². The highest BCUT2D eigenvalue weighted by molar-refractivity contribution is 5.88. The number of carbonyl (C=O) groups excluding carboxylic acids is 1. The predicted octanol–water partition coefficient (Wildman–Crippen LogP) is 5.54. The first-order valence-corrected chi connectivity index (χ1v) is 11.1. The number of benzene rings is 2. The molecule has 2 aromatic carbocycles. The molecule has 0 atom stereocenters. The Balaban J connectivity index is 1.55. The molecule has 0 unspecified atom stereocenters. The number of nitrogens with zero attached hydrogens (tertiary/aromatic N) is 4. The summed E-state index contributed by atoms with van der Waals surface area (Å²) in [6.07, 6.45) is -1.42. The van der Waals surface area contributed by atoms with E-state index in [-0.39, 0.29) is 29.9 Å². The highest BCUT2D eigenvalue weighted by Gasteiger charge is 2.33. The number of hydrogen-bond donors (Lipinski definition) is 0.